The summed E-state index contributed by atoms with van der Waals surface area (Å²) >= 11 is 0. The molecule has 1 nitrogen and oxygen atoms in total. The number of hydrogen-bond donors (Lipinski definition) is 0. The van der Waals surface area contributed by atoms with Crippen LogP contribution in [0.1, 0.15) is 25.0 Å². The summed E-state index contributed by atoms with van der Waals surface area (Å²) in [7, 11) is 0. The van der Waals surface area contributed by atoms with Gasteiger partial charge in [0.05, 0.1) is 0 Å². The van der Waals surface area contributed by atoms with E-state index in [9.17, 15) is 0 Å². The molecule has 0 unspecified atom stereocenters. The molecule has 0 saturated heterocycles. The summed E-state index contributed by atoms with van der Waals surface area (Å²) < 4.78 is 6.38. The molecule has 38 heavy (non-hydrogen) atoms. The maximum absolute atomic E-state index is 6.38. The van der Waals surface area contributed by atoms with Crippen molar-refractivity contribution in [1.29, 1.82) is 0 Å². The molecule has 0 aromatic heterocycles. The van der Waals surface area contributed by atoms with Crippen LogP contribution >= 0.6 is 0 Å². The van der Waals surface area contributed by atoms with Gasteiger partial charge < -0.3 is 4.74 Å². The molecule has 2 aliphatic rings. The quantitative estimate of drug-likeness (QED) is 0.236. The van der Waals surface area contributed by atoms with Crippen molar-refractivity contribution in [2.75, 3.05) is 0 Å². The van der Waals surface area contributed by atoms with Crippen molar-refractivity contribution in [2.24, 2.45) is 0 Å². The predicted octanol–water partition coefficient (Wildman–Crippen LogP) is 10.3. The monoisotopic (exact) mass is 486 g/mol. The van der Waals surface area contributed by atoms with Crippen molar-refractivity contribution in [3.8, 4) is 56.0 Å². The van der Waals surface area contributed by atoms with Gasteiger partial charge in [-0.1, -0.05) is 123 Å². The lowest BCUT2D eigenvalue weighted by Gasteiger charge is -2.23. The fourth-order valence-corrected chi connectivity index (χ4v) is 6.75. The SMILES string of the molecule is CC1(C)c2ccccc2-c2c(-c3ccccc3-c3ccc4c5c(cccc35)-c3ccccc3O4)cccc21. The molecule has 0 bridgehead atoms. The van der Waals surface area contributed by atoms with Gasteiger partial charge in [0.2, 0.25) is 0 Å². The zero-order valence-electron chi connectivity index (χ0n) is 21.5. The molecule has 6 aromatic carbocycles. The molecule has 1 aliphatic heterocycles. The number of rotatable bonds is 2. The fourth-order valence-electron chi connectivity index (χ4n) is 6.75. The van der Waals surface area contributed by atoms with Crippen molar-refractivity contribution < 1.29 is 4.74 Å². The lowest BCUT2D eigenvalue weighted by atomic mass is 9.81. The summed E-state index contributed by atoms with van der Waals surface area (Å²) in [6.07, 6.45) is 0. The summed E-state index contributed by atoms with van der Waals surface area (Å²) in [6, 6.07) is 43.9. The van der Waals surface area contributed by atoms with Gasteiger partial charge in [-0.25, -0.2) is 0 Å². The molecule has 1 heteroatoms. The van der Waals surface area contributed by atoms with E-state index in [4.69, 9.17) is 4.74 Å². The van der Waals surface area contributed by atoms with Gasteiger partial charge in [0.25, 0.3) is 0 Å². The molecule has 6 aromatic rings. The topological polar surface area (TPSA) is 9.23 Å². The molecule has 0 atom stereocenters. The van der Waals surface area contributed by atoms with Crippen LogP contribution in [0.5, 0.6) is 11.5 Å². The second-order valence-electron chi connectivity index (χ2n) is 10.9. The van der Waals surface area contributed by atoms with Crippen LogP contribution in [0, 0.1) is 0 Å². The Balaban J connectivity index is 1.40. The molecule has 0 fully saturated rings. The van der Waals surface area contributed by atoms with Gasteiger partial charge in [-0.05, 0) is 67.6 Å². The van der Waals surface area contributed by atoms with Crippen LogP contribution in [0.2, 0.25) is 0 Å². The van der Waals surface area contributed by atoms with Crippen LogP contribution < -0.4 is 4.74 Å². The summed E-state index contributed by atoms with van der Waals surface area (Å²) in [4.78, 5) is 0. The van der Waals surface area contributed by atoms with Crippen LogP contribution in [-0.4, -0.2) is 0 Å². The molecule has 0 amide bonds. The smallest absolute Gasteiger partial charge is 0.135 e. The van der Waals surface area contributed by atoms with Crippen molar-refractivity contribution in [1.82, 2.24) is 0 Å². The first kappa shape index (κ1) is 21.5. The molecule has 1 aliphatic carbocycles. The summed E-state index contributed by atoms with van der Waals surface area (Å²) in [5.41, 5.74) is 12.9. The molecule has 1 heterocycles. The zero-order valence-corrected chi connectivity index (χ0v) is 21.5. The van der Waals surface area contributed by atoms with E-state index >= 15 is 0 Å². The van der Waals surface area contributed by atoms with Gasteiger partial charge in [-0.15, -0.1) is 0 Å². The number of ether oxygens (including phenoxy) is 1. The Hall–Kier alpha value is -4.62. The molecule has 0 saturated carbocycles. The van der Waals surface area contributed by atoms with Crippen LogP contribution in [0.3, 0.4) is 0 Å². The van der Waals surface area contributed by atoms with Crippen molar-refractivity contribution in [2.45, 2.75) is 19.3 Å². The molecule has 0 radical (unpaired) electrons. The number of benzene rings is 6. The second kappa shape index (κ2) is 7.69. The average Bonchev–Trinajstić information content (AvgIpc) is 3.20. The zero-order chi connectivity index (χ0) is 25.4. The van der Waals surface area contributed by atoms with E-state index in [1.807, 2.05) is 6.07 Å². The molecular weight excluding hydrogens is 460 g/mol. The predicted molar refractivity (Wildman–Crippen MR) is 158 cm³/mol. The highest BCUT2D eigenvalue weighted by Gasteiger charge is 2.36. The third-order valence-electron chi connectivity index (χ3n) is 8.51. The Kier molecular flexibility index (Phi) is 4.35. The third-order valence-corrected chi connectivity index (χ3v) is 8.51. The van der Waals surface area contributed by atoms with Crippen molar-refractivity contribution in [3.05, 3.63) is 132 Å². The van der Waals surface area contributed by atoms with Crippen molar-refractivity contribution in [3.63, 3.8) is 0 Å². The minimum absolute atomic E-state index is 0.0259. The normalized spacial score (nSPS) is 13.9. The van der Waals surface area contributed by atoms with Gasteiger partial charge in [0, 0.05) is 16.4 Å². The van der Waals surface area contributed by atoms with E-state index < -0.39 is 0 Å². The highest BCUT2D eigenvalue weighted by Crippen LogP contribution is 2.54. The first-order valence-electron chi connectivity index (χ1n) is 13.3. The van der Waals surface area contributed by atoms with Crippen LogP contribution in [0.25, 0.3) is 55.3 Å². The molecule has 180 valence electrons. The standard InChI is InChI=1S/C37H26O/c1-37(2)31-18-7-5-14-30(31)35-27(17-10-19-32(35)37)24-12-4-3-11-23(24)25-21-22-34-36-28(25)15-9-16-29(36)26-13-6-8-20-33(26)38-34/h3-22H,1-2H3. The Morgan fingerprint density at radius 1 is 0.421 bits per heavy atom. The van der Waals surface area contributed by atoms with E-state index in [1.165, 1.54) is 60.8 Å². The summed E-state index contributed by atoms with van der Waals surface area (Å²) in [5.74, 6) is 1.84. The van der Waals surface area contributed by atoms with Crippen LogP contribution in [0.4, 0.5) is 0 Å². The minimum atomic E-state index is -0.0259. The van der Waals surface area contributed by atoms with E-state index in [-0.39, 0.29) is 5.41 Å². The van der Waals surface area contributed by atoms with Gasteiger partial charge in [0.1, 0.15) is 11.5 Å². The van der Waals surface area contributed by atoms with E-state index in [1.54, 1.807) is 0 Å². The maximum atomic E-state index is 6.38. The van der Waals surface area contributed by atoms with Crippen LogP contribution in [-0.2, 0) is 5.41 Å². The van der Waals surface area contributed by atoms with Gasteiger partial charge >= 0.3 is 0 Å². The first-order chi connectivity index (χ1) is 18.6. The Morgan fingerprint density at radius 2 is 1.03 bits per heavy atom. The van der Waals surface area contributed by atoms with Gasteiger partial charge in [-0.2, -0.15) is 0 Å². The Morgan fingerprint density at radius 3 is 1.87 bits per heavy atom. The van der Waals surface area contributed by atoms with Crippen LogP contribution in [0.15, 0.2) is 121 Å². The number of hydrogen-bond acceptors (Lipinski definition) is 1. The lowest BCUT2D eigenvalue weighted by Crippen LogP contribution is -2.14. The highest BCUT2D eigenvalue weighted by molar-refractivity contribution is 6.11. The largest absolute Gasteiger partial charge is 0.456 e. The van der Waals surface area contributed by atoms with E-state index in [2.05, 4.69) is 129 Å². The number of para-hydroxylation sites is 1. The third kappa shape index (κ3) is 2.82. The molecule has 0 spiro atoms. The maximum Gasteiger partial charge on any atom is 0.135 e. The number of fused-ring (bicyclic) bond motifs is 5. The molecule has 0 N–H and O–H groups in total. The second-order valence-corrected chi connectivity index (χ2v) is 10.9. The molecule has 8 rings (SSSR count). The average molecular weight is 487 g/mol. The van der Waals surface area contributed by atoms with Gasteiger partial charge in [-0.3, -0.25) is 0 Å². The molecular formula is C37H26O. The van der Waals surface area contributed by atoms with E-state index in [0.717, 1.165) is 17.1 Å². The van der Waals surface area contributed by atoms with E-state index in [0.29, 0.717) is 0 Å². The summed E-state index contributed by atoms with van der Waals surface area (Å²) in [5, 5.41) is 2.40. The highest BCUT2D eigenvalue weighted by atomic mass is 16.5. The Labute approximate surface area is 223 Å². The Bertz CT molecular complexity index is 1920. The minimum Gasteiger partial charge on any atom is -0.456 e. The van der Waals surface area contributed by atoms with Crippen molar-refractivity contribution >= 4 is 10.8 Å². The summed E-state index contributed by atoms with van der Waals surface area (Å²) in [6.45, 7) is 4.69. The van der Waals surface area contributed by atoms with Gasteiger partial charge in [0.15, 0.2) is 0 Å². The lowest BCUT2D eigenvalue weighted by molar-refractivity contribution is 0.487. The first-order valence-corrected chi connectivity index (χ1v) is 13.3. The fraction of sp³-hybridized carbons (Fsp3) is 0.0811.